The molecule has 0 bridgehead atoms. The molecular formula is C21H40O5Si. The topological polar surface area (TPSA) is 83.8 Å². The van der Waals surface area contributed by atoms with E-state index >= 15 is 0 Å². The van der Waals surface area contributed by atoms with Crippen molar-refractivity contribution in [3.8, 4) is 0 Å². The average molecular weight is 401 g/mol. The van der Waals surface area contributed by atoms with Crippen LogP contribution in [-0.4, -0.2) is 42.5 Å². The molecule has 1 fully saturated rings. The highest BCUT2D eigenvalue weighted by molar-refractivity contribution is 6.74. The zero-order chi connectivity index (χ0) is 20.8. The van der Waals surface area contributed by atoms with Crippen molar-refractivity contribution in [2.45, 2.75) is 109 Å². The van der Waals surface area contributed by atoms with Gasteiger partial charge in [0, 0.05) is 18.8 Å². The van der Waals surface area contributed by atoms with E-state index in [4.69, 9.17) is 4.43 Å². The lowest BCUT2D eigenvalue weighted by Gasteiger charge is -2.40. The Morgan fingerprint density at radius 1 is 1.11 bits per heavy atom. The van der Waals surface area contributed by atoms with E-state index in [2.05, 4.69) is 40.8 Å². The standard InChI is InChI=1S/C21H40O5Si/c1-7-8-9-10-15(22)11-12-16-17(13-20(24)25)18(23)14-19(16)26-27(5,6)21(2,3)4/h16-19,23H,7-14H2,1-6H3,(H,24,25)/t16-,17-,18+,19-/m0/s1. The van der Waals surface area contributed by atoms with Crippen LogP contribution in [0.15, 0.2) is 0 Å². The van der Waals surface area contributed by atoms with Gasteiger partial charge in [-0.2, -0.15) is 0 Å². The zero-order valence-corrected chi connectivity index (χ0v) is 19.1. The number of aliphatic hydroxyl groups excluding tert-OH is 1. The molecule has 4 atom stereocenters. The highest BCUT2D eigenvalue weighted by Crippen LogP contribution is 2.45. The molecule has 5 nitrogen and oxygen atoms in total. The molecule has 1 aliphatic carbocycles. The minimum absolute atomic E-state index is 0.0450. The summed E-state index contributed by atoms with van der Waals surface area (Å²) in [5.41, 5.74) is 0. The predicted octanol–water partition coefficient (Wildman–Crippen LogP) is 4.78. The summed E-state index contributed by atoms with van der Waals surface area (Å²) in [5, 5.41) is 19.8. The van der Waals surface area contributed by atoms with Crippen LogP contribution in [0.3, 0.4) is 0 Å². The third kappa shape index (κ3) is 7.31. The van der Waals surface area contributed by atoms with Gasteiger partial charge in [0.05, 0.1) is 18.6 Å². The fourth-order valence-corrected chi connectivity index (χ4v) is 5.13. The van der Waals surface area contributed by atoms with E-state index in [0.717, 1.165) is 19.3 Å². The fraction of sp³-hybridized carbons (Fsp3) is 0.905. The first kappa shape index (κ1) is 24.3. The summed E-state index contributed by atoms with van der Waals surface area (Å²) in [7, 11) is -2.04. The summed E-state index contributed by atoms with van der Waals surface area (Å²) in [6.07, 6.45) is 4.31. The first-order valence-corrected chi connectivity index (χ1v) is 13.4. The first-order chi connectivity index (χ1) is 12.4. The van der Waals surface area contributed by atoms with Gasteiger partial charge in [0.15, 0.2) is 8.32 Å². The maximum Gasteiger partial charge on any atom is 0.303 e. The van der Waals surface area contributed by atoms with Crippen LogP contribution in [0.1, 0.15) is 79.1 Å². The van der Waals surface area contributed by atoms with Gasteiger partial charge in [0.2, 0.25) is 0 Å². The smallest absolute Gasteiger partial charge is 0.303 e. The molecule has 0 amide bonds. The third-order valence-electron chi connectivity index (χ3n) is 6.47. The van der Waals surface area contributed by atoms with E-state index in [-0.39, 0.29) is 35.2 Å². The van der Waals surface area contributed by atoms with Crippen molar-refractivity contribution in [3.05, 3.63) is 0 Å². The van der Waals surface area contributed by atoms with Gasteiger partial charge in [-0.3, -0.25) is 9.59 Å². The van der Waals surface area contributed by atoms with Gasteiger partial charge in [0.1, 0.15) is 5.78 Å². The Bertz CT molecular complexity index is 497. The summed E-state index contributed by atoms with van der Waals surface area (Å²) in [4.78, 5) is 23.5. The largest absolute Gasteiger partial charge is 0.481 e. The molecular weight excluding hydrogens is 360 g/mol. The van der Waals surface area contributed by atoms with Gasteiger partial charge < -0.3 is 14.6 Å². The van der Waals surface area contributed by atoms with Gasteiger partial charge in [-0.1, -0.05) is 40.5 Å². The monoisotopic (exact) mass is 400 g/mol. The van der Waals surface area contributed by atoms with Gasteiger partial charge >= 0.3 is 5.97 Å². The lowest BCUT2D eigenvalue weighted by molar-refractivity contribution is -0.139. The Kier molecular flexibility index (Phi) is 9.16. The van der Waals surface area contributed by atoms with E-state index in [1.165, 1.54) is 0 Å². The molecule has 0 aromatic rings. The van der Waals surface area contributed by atoms with Crippen LogP contribution in [0.4, 0.5) is 0 Å². The Balaban J connectivity index is 2.84. The molecule has 1 saturated carbocycles. The fourth-order valence-electron chi connectivity index (χ4n) is 3.75. The van der Waals surface area contributed by atoms with E-state index in [0.29, 0.717) is 25.7 Å². The van der Waals surface area contributed by atoms with Gasteiger partial charge in [0.25, 0.3) is 0 Å². The lowest BCUT2D eigenvalue weighted by Crippen LogP contribution is -2.45. The summed E-state index contributed by atoms with van der Waals surface area (Å²) in [5.74, 6) is -1.06. The molecule has 1 aliphatic rings. The molecule has 1 rings (SSSR count). The second kappa shape index (κ2) is 10.2. The number of carboxylic acid groups (broad SMARTS) is 1. The lowest BCUT2D eigenvalue weighted by atomic mass is 9.86. The molecule has 0 radical (unpaired) electrons. The van der Waals surface area contributed by atoms with Crippen molar-refractivity contribution in [3.63, 3.8) is 0 Å². The molecule has 0 spiro atoms. The molecule has 2 N–H and O–H groups in total. The maximum atomic E-state index is 12.2. The van der Waals surface area contributed by atoms with Gasteiger partial charge in [-0.25, -0.2) is 0 Å². The van der Waals surface area contributed by atoms with E-state index in [1.807, 2.05) is 0 Å². The van der Waals surface area contributed by atoms with Crippen LogP contribution < -0.4 is 0 Å². The van der Waals surface area contributed by atoms with E-state index in [9.17, 15) is 19.8 Å². The number of Topliss-reactive ketones (excluding diaryl/α,β-unsaturated/α-hetero) is 1. The SMILES string of the molecule is CCCCCC(=O)CC[C@H]1[C@H](CC(=O)O)[C@H](O)C[C@@H]1O[Si](C)(C)C(C)(C)C. The molecule has 27 heavy (non-hydrogen) atoms. The van der Waals surface area contributed by atoms with Crippen molar-refractivity contribution >= 4 is 20.1 Å². The molecule has 0 aliphatic heterocycles. The number of rotatable bonds is 11. The number of carbonyl (C=O) groups excluding carboxylic acids is 1. The number of hydrogen-bond acceptors (Lipinski definition) is 4. The molecule has 0 aromatic carbocycles. The van der Waals surface area contributed by atoms with Gasteiger partial charge in [-0.15, -0.1) is 0 Å². The number of ketones is 1. The normalized spacial score (nSPS) is 26.3. The summed E-state index contributed by atoms with van der Waals surface area (Å²) >= 11 is 0. The summed E-state index contributed by atoms with van der Waals surface area (Å²) < 4.78 is 6.56. The van der Waals surface area contributed by atoms with Crippen LogP contribution >= 0.6 is 0 Å². The predicted molar refractivity (Wildman–Crippen MR) is 110 cm³/mol. The van der Waals surface area contributed by atoms with E-state index in [1.54, 1.807) is 0 Å². The first-order valence-electron chi connectivity index (χ1n) is 10.5. The Morgan fingerprint density at radius 2 is 1.74 bits per heavy atom. The number of aliphatic carboxylic acids is 1. The van der Waals surface area contributed by atoms with Gasteiger partial charge in [-0.05, 0) is 43.3 Å². The Morgan fingerprint density at radius 3 is 2.26 bits per heavy atom. The van der Waals surface area contributed by atoms with Crippen molar-refractivity contribution in [2.24, 2.45) is 11.8 Å². The number of aliphatic hydroxyl groups is 1. The molecule has 0 heterocycles. The molecule has 0 saturated heterocycles. The molecule has 0 unspecified atom stereocenters. The molecule has 0 aromatic heterocycles. The van der Waals surface area contributed by atoms with E-state index < -0.39 is 20.4 Å². The highest BCUT2D eigenvalue weighted by atomic mass is 28.4. The quantitative estimate of drug-likeness (QED) is 0.385. The van der Waals surface area contributed by atoms with Crippen LogP contribution in [0, 0.1) is 11.8 Å². The third-order valence-corrected chi connectivity index (χ3v) is 11.0. The van der Waals surface area contributed by atoms with Crippen molar-refractivity contribution in [1.29, 1.82) is 0 Å². The zero-order valence-electron chi connectivity index (χ0n) is 18.1. The second-order valence-electron chi connectivity index (χ2n) is 9.68. The Labute approximate surface area is 166 Å². The van der Waals surface area contributed by atoms with Crippen LogP contribution in [0.5, 0.6) is 0 Å². The summed E-state index contributed by atoms with van der Waals surface area (Å²) in [6.45, 7) is 13.0. The van der Waals surface area contributed by atoms with Crippen LogP contribution in [-0.2, 0) is 14.0 Å². The number of carboxylic acids is 1. The minimum atomic E-state index is -2.04. The number of unbranched alkanes of at least 4 members (excludes halogenated alkanes) is 2. The Hall–Kier alpha value is -0.723. The molecule has 6 heteroatoms. The minimum Gasteiger partial charge on any atom is -0.481 e. The van der Waals surface area contributed by atoms with Crippen molar-refractivity contribution in [2.75, 3.05) is 0 Å². The van der Waals surface area contributed by atoms with Crippen molar-refractivity contribution in [1.82, 2.24) is 0 Å². The molecule has 158 valence electrons. The number of carbonyl (C=O) groups is 2. The maximum absolute atomic E-state index is 12.2. The highest BCUT2D eigenvalue weighted by Gasteiger charge is 2.48. The summed E-state index contributed by atoms with van der Waals surface area (Å²) in [6, 6.07) is 0. The number of hydrogen-bond donors (Lipinski definition) is 2. The second-order valence-corrected chi connectivity index (χ2v) is 14.4. The van der Waals surface area contributed by atoms with Crippen LogP contribution in [0.2, 0.25) is 18.1 Å². The van der Waals surface area contributed by atoms with Crippen LogP contribution in [0.25, 0.3) is 0 Å². The van der Waals surface area contributed by atoms with Crippen molar-refractivity contribution < 1.29 is 24.2 Å². The average Bonchev–Trinajstić information content (AvgIpc) is 2.78.